The summed E-state index contributed by atoms with van der Waals surface area (Å²) in [6.45, 7) is 4.20. The Morgan fingerprint density at radius 1 is 0.660 bits per heavy atom. The van der Waals surface area contributed by atoms with Crippen LogP contribution in [0, 0.1) is 41.0 Å². The van der Waals surface area contributed by atoms with Crippen molar-refractivity contribution in [1.29, 1.82) is 0 Å². The van der Waals surface area contributed by atoms with Crippen molar-refractivity contribution in [1.82, 2.24) is 0 Å². The van der Waals surface area contributed by atoms with Crippen molar-refractivity contribution in [2.75, 3.05) is 0 Å². The second-order valence-corrected chi connectivity index (χ2v) is 13.9. The molecule has 2 fully saturated rings. The second-order valence-electron chi connectivity index (χ2n) is 13.9. The molecule has 47 heavy (non-hydrogen) atoms. The van der Waals surface area contributed by atoms with Gasteiger partial charge < -0.3 is 4.74 Å². The number of hydrogen-bond donors (Lipinski definition) is 0. The summed E-state index contributed by atoms with van der Waals surface area (Å²) in [5.41, 5.74) is -0.680. The van der Waals surface area contributed by atoms with Crippen LogP contribution in [0.1, 0.15) is 126 Å². The third-order valence-corrected chi connectivity index (χ3v) is 10.7. The molecule has 2 aliphatic carbocycles. The van der Waals surface area contributed by atoms with Gasteiger partial charge in [0.2, 0.25) is 0 Å². The molecule has 0 radical (unpaired) electrons. The molecular weight excluding hydrogens is 610 g/mol. The van der Waals surface area contributed by atoms with Crippen molar-refractivity contribution in [3.8, 4) is 16.9 Å². The minimum absolute atomic E-state index is 0.0727. The Hall–Kier alpha value is -2.96. The minimum Gasteiger partial charge on any atom is -0.429 e. The van der Waals surface area contributed by atoms with Crippen LogP contribution < -0.4 is 4.74 Å². The van der Waals surface area contributed by atoms with Crippen molar-refractivity contribution in [2.45, 2.75) is 122 Å². The number of hydrogen-bond acceptors (Lipinski definition) is 1. The highest BCUT2D eigenvalue weighted by Crippen LogP contribution is 2.45. The number of aryl methyl sites for hydroxylation is 1. The van der Waals surface area contributed by atoms with Crippen LogP contribution in [-0.4, -0.2) is 0 Å². The van der Waals surface area contributed by atoms with Gasteiger partial charge in [-0.05, 0) is 116 Å². The van der Waals surface area contributed by atoms with Crippen LogP contribution in [0.15, 0.2) is 48.5 Å². The lowest BCUT2D eigenvalue weighted by atomic mass is 9.68. The topological polar surface area (TPSA) is 9.23 Å². The zero-order valence-corrected chi connectivity index (χ0v) is 27.7. The van der Waals surface area contributed by atoms with Gasteiger partial charge in [-0.25, -0.2) is 17.6 Å². The van der Waals surface area contributed by atoms with E-state index in [1.165, 1.54) is 69.6 Å². The van der Waals surface area contributed by atoms with Crippen molar-refractivity contribution in [3.05, 3.63) is 88.5 Å². The van der Waals surface area contributed by atoms with E-state index in [4.69, 9.17) is 0 Å². The van der Waals surface area contributed by atoms with E-state index in [1.54, 1.807) is 6.07 Å². The third kappa shape index (κ3) is 8.75. The Morgan fingerprint density at radius 2 is 1.30 bits per heavy atom. The van der Waals surface area contributed by atoms with E-state index in [9.17, 15) is 13.2 Å². The van der Waals surface area contributed by atoms with Crippen LogP contribution in [0.5, 0.6) is 5.75 Å². The van der Waals surface area contributed by atoms with Crippen molar-refractivity contribution in [3.63, 3.8) is 0 Å². The van der Waals surface area contributed by atoms with Gasteiger partial charge in [-0.3, -0.25) is 0 Å². The Kier molecular flexibility index (Phi) is 12.0. The molecule has 1 nitrogen and oxygen atoms in total. The first-order chi connectivity index (χ1) is 22.6. The Balaban J connectivity index is 1.21. The summed E-state index contributed by atoms with van der Waals surface area (Å²) in [4.78, 5) is 0. The maximum atomic E-state index is 15.4. The van der Waals surface area contributed by atoms with Crippen LogP contribution in [0.2, 0.25) is 0 Å². The first-order valence-corrected chi connectivity index (χ1v) is 17.7. The first kappa shape index (κ1) is 35.3. The number of rotatable bonds is 13. The number of halogens is 6. The second kappa shape index (κ2) is 16.0. The minimum atomic E-state index is -4.43. The van der Waals surface area contributed by atoms with Gasteiger partial charge in [-0.15, -0.1) is 0 Å². The number of ether oxygens (including phenoxy) is 1. The van der Waals surface area contributed by atoms with Crippen LogP contribution in [0.4, 0.5) is 26.3 Å². The van der Waals surface area contributed by atoms with Crippen LogP contribution in [-0.2, 0) is 12.5 Å². The molecule has 0 N–H and O–H groups in total. The van der Waals surface area contributed by atoms with Gasteiger partial charge in [0.25, 0.3) is 0 Å². The maximum absolute atomic E-state index is 15.4. The molecule has 3 aromatic rings. The fraction of sp³-hybridized carbons (Fsp3) is 0.550. The molecular formula is C40H48F6O. The highest BCUT2D eigenvalue weighted by Gasteiger charge is 2.41. The largest absolute Gasteiger partial charge is 0.432 e. The number of alkyl halides is 2. The quantitative estimate of drug-likeness (QED) is 0.131. The van der Waals surface area contributed by atoms with Crippen molar-refractivity contribution >= 4 is 0 Å². The molecule has 0 spiro atoms. The summed E-state index contributed by atoms with van der Waals surface area (Å²) >= 11 is 0. The van der Waals surface area contributed by atoms with E-state index in [0.29, 0.717) is 24.1 Å². The van der Waals surface area contributed by atoms with E-state index in [-0.39, 0.29) is 17.0 Å². The molecule has 0 saturated heterocycles. The highest BCUT2D eigenvalue weighted by molar-refractivity contribution is 5.65. The van der Waals surface area contributed by atoms with E-state index < -0.39 is 40.7 Å². The molecule has 0 aromatic heterocycles. The lowest BCUT2D eigenvalue weighted by Gasteiger charge is -2.38. The summed E-state index contributed by atoms with van der Waals surface area (Å²) in [5, 5.41) is 0. The lowest BCUT2D eigenvalue weighted by molar-refractivity contribution is -0.189. The van der Waals surface area contributed by atoms with Gasteiger partial charge in [0.1, 0.15) is 34.6 Å². The van der Waals surface area contributed by atoms with E-state index in [0.717, 1.165) is 74.0 Å². The van der Waals surface area contributed by atoms with Gasteiger partial charge in [0.05, 0.1) is 0 Å². The summed E-state index contributed by atoms with van der Waals surface area (Å²) < 4.78 is 94.5. The molecule has 0 atom stereocenters. The van der Waals surface area contributed by atoms with E-state index in [1.807, 2.05) is 6.92 Å². The molecule has 2 saturated carbocycles. The molecule has 256 valence electrons. The Morgan fingerprint density at radius 3 is 1.89 bits per heavy atom. The average Bonchev–Trinajstić information content (AvgIpc) is 3.04. The highest BCUT2D eigenvalue weighted by atomic mass is 19.3. The molecule has 5 rings (SSSR count). The standard InChI is InChI=1S/C40H48F6O/c1-3-5-7-8-26-10-12-27(13-11-26)28-14-16-29(17-15-28)31-19-21-34(36(42)22-31)32-23-37(43)39(38(44)24-32)40(45,46)47-33-20-18-30(9-6-4-2)35(41)25-33/h18-29H,3-17H2,1-2H3. The van der Waals surface area contributed by atoms with Gasteiger partial charge in [0, 0.05) is 11.6 Å². The predicted molar refractivity (Wildman–Crippen MR) is 176 cm³/mol. The van der Waals surface area contributed by atoms with Crippen LogP contribution in [0.25, 0.3) is 11.1 Å². The Bertz CT molecular complexity index is 1450. The molecule has 0 bridgehead atoms. The summed E-state index contributed by atoms with van der Waals surface area (Å²) in [5.74, 6) is -2.48. The molecule has 0 heterocycles. The van der Waals surface area contributed by atoms with Gasteiger partial charge in [0.15, 0.2) is 0 Å². The maximum Gasteiger partial charge on any atom is 0.432 e. The molecule has 0 amide bonds. The summed E-state index contributed by atoms with van der Waals surface area (Å²) in [6.07, 6.45) is 12.5. The SMILES string of the molecule is CCCCCC1CCC(C2CCC(c3ccc(-c4cc(F)c(C(F)(F)Oc5ccc(CCCC)c(F)c5)c(F)c4)c(F)c3)CC2)CC1. The predicted octanol–water partition coefficient (Wildman–Crippen LogP) is 13.0. The molecule has 0 aliphatic heterocycles. The molecule has 7 heteroatoms. The molecule has 3 aromatic carbocycles. The van der Waals surface area contributed by atoms with Crippen molar-refractivity contribution < 1.29 is 31.1 Å². The smallest absolute Gasteiger partial charge is 0.429 e. The monoisotopic (exact) mass is 658 g/mol. The summed E-state index contributed by atoms with van der Waals surface area (Å²) in [7, 11) is 0. The average molecular weight is 659 g/mol. The van der Waals surface area contributed by atoms with Crippen molar-refractivity contribution in [2.24, 2.45) is 17.8 Å². The zero-order chi connectivity index (χ0) is 33.6. The fourth-order valence-electron chi connectivity index (χ4n) is 7.94. The fourth-order valence-corrected chi connectivity index (χ4v) is 7.94. The van der Waals surface area contributed by atoms with Gasteiger partial charge in [-0.2, -0.15) is 8.78 Å². The van der Waals surface area contributed by atoms with Crippen LogP contribution >= 0.6 is 0 Å². The Labute approximate surface area is 276 Å². The van der Waals surface area contributed by atoms with E-state index in [2.05, 4.69) is 11.7 Å². The number of unbranched alkanes of at least 4 members (excludes halogenated alkanes) is 3. The first-order valence-electron chi connectivity index (χ1n) is 17.7. The lowest BCUT2D eigenvalue weighted by Crippen LogP contribution is -2.25. The normalized spacial score (nSPS) is 22.0. The third-order valence-electron chi connectivity index (χ3n) is 10.7. The summed E-state index contributed by atoms with van der Waals surface area (Å²) in [6, 6.07) is 9.31. The number of benzene rings is 3. The molecule has 2 aliphatic rings. The molecule has 0 unspecified atom stereocenters. The van der Waals surface area contributed by atoms with Crippen LogP contribution in [0.3, 0.4) is 0 Å². The zero-order valence-electron chi connectivity index (χ0n) is 27.7. The van der Waals surface area contributed by atoms with Gasteiger partial charge in [-0.1, -0.05) is 77.0 Å². The van der Waals surface area contributed by atoms with E-state index >= 15 is 13.2 Å². The van der Waals surface area contributed by atoms with Gasteiger partial charge >= 0.3 is 6.11 Å².